The van der Waals surface area contributed by atoms with E-state index in [9.17, 15) is 4.79 Å². The number of para-hydroxylation sites is 1. The number of carbonyl (C=O) groups is 1. The van der Waals surface area contributed by atoms with Crippen molar-refractivity contribution in [2.45, 2.75) is 19.9 Å². The van der Waals surface area contributed by atoms with Gasteiger partial charge >= 0.3 is 0 Å². The maximum absolute atomic E-state index is 11.8. The van der Waals surface area contributed by atoms with E-state index in [-0.39, 0.29) is 5.91 Å². The van der Waals surface area contributed by atoms with Gasteiger partial charge in [0.15, 0.2) is 0 Å². The molecule has 0 spiro atoms. The monoisotopic (exact) mass is 346 g/mol. The first-order chi connectivity index (χ1) is 10.1. The van der Waals surface area contributed by atoms with Crippen LogP contribution in [0.15, 0.2) is 53.0 Å². The highest BCUT2D eigenvalue weighted by Gasteiger charge is 2.02. The number of anilines is 1. The lowest BCUT2D eigenvalue weighted by atomic mass is 10.1. The number of halogens is 1. The largest absolute Gasteiger partial charge is 0.384 e. The molecule has 4 heteroatoms. The third-order valence-electron chi connectivity index (χ3n) is 3.15. The molecule has 0 saturated carbocycles. The molecule has 0 heterocycles. The minimum Gasteiger partial charge on any atom is -0.384 e. The minimum absolute atomic E-state index is 0.0510. The van der Waals surface area contributed by atoms with Gasteiger partial charge in [-0.25, -0.2) is 0 Å². The van der Waals surface area contributed by atoms with Gasteiger partial charge in [-0.3, -0.25) is 4.79 Å². The van der Waals surface area contributed by atoms with Gasteiger partial charge in [0.25, 0.3) is 0 Å². The summed E-state index contributed by atoms with van der Waals surface area (Å²) in [5, 5.41) is 6.17. The van der Waals surface area contributed by atoms with Crippen LogP contribution in [0.2, 0.25) is 0 Å². The van der Waals surface area contributed by atoms with Crippen LogP contribution in [-0.4, -0.2) is 12.5 Å². The van der Waals surface area contributed by atoms with Gasteiger partial charge in [-0.2, -0.15) is 0 Å². The van der Waals surface area contributed by atoms with Crippen LogP contribution in [0.1, 0.15) is 17.5 Å². The molecule has 2 aromatic carbocycles. The van der Waals surface area contributed by atoms with E-state index in [1.54, 1.807) is 0 Å². The molecular formula is C17H19BrN2O. The van der Waals surface area contributed by atoms with Crippen LogP contribution in [-0.2, 0) is 11.3 Å². The lowest BCUT2D eigenvalue weighted by Crippen LogP contribution is -2.24. The van der Waals surface area contributed by atoms with Gasteiger partial charge in [0.1, 0.15) is 0 Å². The molecule has 0 aliphatic rings. The van der Waals surface area contributed by atoms with E-state index < -0.39 is 0 Å². The van der Waals surface area contributed by atoms with Gasteiger partial charge < -0.3 is 10.6 Å². The predicted molar refractivity (Wildman–Crippen MR) is 90.3 cm³/mol. The highest BCUT2D eigenvalue weighted by atomic mass is 79.9. The fourth-order valence-corrected chi connectivity index (χ4v) is 2.34. The Morgan fingerprint density at radius 3 is 2.52 bits per heavy atom. The summed E-state index contributed by atoms with van der Waals surface area (Å²) in [4.78, 5) is 11.8. The summed E-state index contributed by atoms with van der Waals surface area (Å²) in [6.07, 6.45) is 0.452. The minimum atomic E-state index is 0.0510. The Kier molecular flexibility index (Phi) is 5.81. The van der Waals surface area contributed by atoms with E-state index in [2.05, 4.69) is 45.6 Å². The summed E-state index contributed by atoms with van der Waals surface area (Å²) in [5.74, 6) is 0.0510. The second-order valence-corrected chi connectivity index (χ2v) is 5.77. The second kappa shape index (κ2) is 7.84. The third-order valence-corrected chi connectivity index (χ3v) is 3.84. The van der Waals surface area contributed by atoms with Crippen LogP contribution in [0.5, 0.6) is 0 Å². The van der Waals surface area contributed by atoms with Crippen LogP contribution in [0.25, 0.3) is 0 Å². The van der Waals surface area contributed by atoms with Crippen molar-refractivity contribution in [3.8, 4) is 0 Å². The molecule has 0 aliphatic carbocycles. The maximum Gasteiger partial charge on any atom is 0.222 e. The molecule has 1 amide bonds. The molecule has 2 rings (SSSR count). The van der Waals surface area contributed by atoms with E-state index in [4.69, 9.17) is 0 Å². The molecule has 21 heavy (non-hydrogen) atoms. The zero-order valence-corrected chi connectivity index (χ0v) is 13.6. The van der Waals surface area contributed by atoms with Gasteiger partial charge in [-0.1, -0.05) is 42.0 Å². The predicted octanol–water partition coefficient (Wildman–Crippen LogP) is 3.88. The quantitative estimate of drug-likeness (QED) is 0.833. The molecule has 110 valence electrons. The fraction of sp³-hybridized carbons (Fsp3) is 0.235. The van der Waals surface area contributed by atoms with Crippen molar-refractivity contribution in [3.05, 3.63) is 64.1 Å². The van der Waals surface area contributed by atoms with Crippen molar-refractivity contribution in [1.29, 1.82) is 0 Å². The van der Waals surface area contributed by atoms with Crippen molar-refractivity contribution in [2.75, 3.05) is 11.9 Å². The van der Waals surface area contributed by atoms with Crippen LogP contribution in [0.3, 0.4) is 0 Å². The van der Waals surface area contributed by atoms with Crippen LogP contribution in [0, 0.1) is 6.92 Å². The summed E-state index contributed by atoms with van der Waals surface area (Å²) in [6, 6.07) is 16.1. The summed E-state index contributed by atoms with van der Waals surface area (Å²) < 4.78 is 1.00. The van der Waals surface area contributed by atoms with Gasteiger partial charge in [0.2, 0.25) is 5.91 Å². The average molecular weight is 347 g/mol. The van der Waals surface area contributed by atoms with E-state index >= 15 is 0 Å². The van der Waals surface area contributed by atoms with Crippen molar-refractivity contribution >= 4 is 27.5 Å². The molecule has 0 radical (unpaired) electrons. The smallest absolute Gasteiger partial charge is 0.222 e. The number of hydrogen-bond donors (Lipinski definition) is 2. The molecule has 0 fully saturated rings. The summed E-state index contributed by atoms with van der Waals surface area (Å²) in [6.45, 7) is 3.24. The van der Waals surface area contributed by atoms with Gasteiger partial charge in [0.05, 0.1) is 0 Å². The molecule has 0 saturated heterocycles. The Balaban J connectivity index is 1.70. The lowest BCUT2D eigenvalue weighted by molar-refractivity contribution is -0.121. The molecular weight excluding hydrogens is 328 g/mol. The first-order valence-electron chi connectivity index (χ1n) is 6.96. The zero-order chi connectivity index (χ0) is 15.1. The Bertz CT molecular complexity index is 596. The Morgan fingerprint density at radius 1 is 1.10 bits per heavy atom. The summed E-state index contributed by atoms with van der Waals surface area (Å²) in [5.41, 5.74) is 3.35. The van der Waals surface area contributed by atoms with Crippen molar-refractivity contribution < 1.29 is 4.79 Å². The third kappa shape index (κ3) is 5.23. The number of carbonyl (C=O) groups excluding carboxylic acids is 1. The van der Waals surface area contributed by atoms with Crippen LogP contribution < -0.4 is 10.6 Å². The molecule has 0 aliphatic heterocycles. The number of rotatable bonds is 6. The van der Waals surface area contributed by atoms with Crippen LogP contribution in [0.4, 0.5) is 5.69 Å². The van der Waals surface area contributed by atoms with E-state index in [0.717, 1.165) is 15.7 Å². The molecule has 0 atom stereocenters. The summed E-state index contributed by atoms with van der Waals surface area (Å²) >= 11 is 3.47. The van der Waals surface area contributed by atoms with Gasteiger partial charge in [-0.15, -0.1) is 0 Å². The zero-order valence-electron chi connectivity index (χ0n) is 12.0. The molecule has 0 aromatic heterocycles. The number of hydrogen-bond acceptors (Lipinski definition) is 2. The standard InChI is InChI=1S/C17H19BrN2O/c1-13-6-8-14(9-7-13)12-20-17(21)10-11-19-16-5-3-2-4-15(16)18/h2-9,19H,10-12H2,1H3,(H,20,21). The first-order valence-corrected chi connectivity index (χ1v) is 7.75. The number of nitrogens with one attached hydrogen (secondary N) is 2. The molecule has 0 unspecified atom stereocenters. The van der Waals surface area contributed by atoms with E-state index in [1.165, 1.54) is 5.56 Å². The normalized spacial score (nSPS) is 10.2. The van der Waals surface area contributed by atoms with E-state index in [0.29, 0.717) is 19.5 Å². The average Bonchev–Trinajstić information content (AvgIpc) is 2.49. The molecule has 2 aromatic rings. The maximum atomic E-state index is 11.8. The molecule has 0 bridgehead atoms. The number of benzene rings is 2. The Labute approximate surface area is 133 Å². The van der Waals surface area contributed by atoms with Crippen LogP contribution >= 0.6 is 15.9 Å². The number of aryl methyl sites for hydroxylation is 1. The second-order valence-electron chi connectivity index (χ2n) is 4.92. The first kappa shape index (κ1) is 15.6. The molecule has 2 N–H and O–H groups in total. The topological polar surface area (TPSA) is 41.1 Å². The Morgan fingerprint density at radius 2 is 1.81 bits per heavy atom. The highest BCUT2D eigenvalue weighted by Crippen LogP contribution is 2.20. The van der Waals surface area contributed by atoms with Gasteiger partial charge in [0, 0.05) is 29.7 Å². The lowest BCUT2D eigenvalue weighted by Gasteiger charge is -2.09. The van der Waals surface area contributed by atoms with Gasteiger partial charge in [-0.05, 0) is 40.5 Å². The molecule has 3 nitrogen and oxygen atoms in total. The fourth-order valence-electron chi connectivity index (χ4n) is 1.91. The van der Waals surface area contributed by atoms with Crippen molar-refractivity contribution in [2.24, 2.45) is 0 Å². The number of amides is 1. The highest BCUT2D eigenvalue weighted by molar-refractivity contribution is 9.10. The SMILES string of the molecule is Cc1ccc(CNC(=O)CCNc2ccccc2Br)cc1. The van der Waals surface area contributed by atoms with Crippen molar-refractivity contribution in [3.63, 3.8) is 0 Å². The van der Waals surface area contributed by atoms with E-state index in [1.807, 2.05) is 36.4 Å². The summed E-state index contributed by atoms with van der Waals surface area (Å²) in [7, 11) is 0. The van der Waals surface area contributed by atoms with Crippen molar-refractivity contribution in [1.82, 2.24) is 5.32 Å². The Hall–Kier alpha value is -1.81.